The van der Waals surface area contributed by atoms with E-state index in [2.05, 4.69) is 126 Å². The molecule has 0 aliphatic rings. The SMILES string of the molecule is COC(=O)CCC/C=C\C/C=C\CC=P(c1ccccc1)(c1ccccc1)c1ccccc1. The van der Waals surface area contributed by atoms with Crippen molar-refractivity contribution < 1.29 is 9.53 Å². The quantitative estimate of drug-likeness (QED) is 0.153. The Hall–Kier alpha value is -3.09. The number of carbonyl (C=O) groups is 1. The summed E-state index contributed by atoms with van der Waals surface area (Å²) in [5, 5.41) is 4.13. The third kappa shape index (κ3) is 6.94. The van der Waals surface area contributed by atoms with Crippen LogP contribution in [0.3, 0.4) is 0 Å². The van der Waals surface area contributed by atoms with Crippen LogP contribution in [0.5, 0.6) is 0 Å². The first-order chi connectivity index (χ1) is 16.3. The predicted octanol–water partition coefficient (Wildman–Crippen LogP) is 6.02. The van der Waals surface area contributed by atoms with Crippen molar-refractivity contribution in [2.75, 3.05) is 7.11 Å². The van der Waals surface area contributed by atoms with Crippen molar-refractivity contribution in [2.45, 2.75) is 32.1 Å². The van der Waals surface area contributed by atoms with E-state index in [0.29, 0.717) is 6.42 Å². The van der Waals surface area contributed by atoms with E-state index < -0.39 is 6.89 Å². The summed E-state index contributed by atoms with van der Waals surface area (Å²) in [6.07, 6.45) is 12.8. The first-order valence-electron chi connectivity index (χ1n) is 11.5. The lowest BCUT2D eigenvalue weighted by atomic mass is 10.2. The zero-order valence-corrected chi connectivity index (χ0v) is 20.2. The minimum Gasteiger partial charge on any atom is -0.469 e. The minimum absolute atomic E-state index is 0.138. The fourth-order valence-electron chi connectivity index (χ4n) is 3.92. The van der Waals surface area contributed by atoms with E-state index in [0.717, 1.165) is 25.7 Å². The summed E-state index contributed by atoms with van der Waals surface area (Å²) < 4.78 is 4.67. The third-order valence-corrected chi connectivity index (χ3v) is 9.69. The lowest BCUT2D eigenvalue weighted by Crippen LogP contribution is -2.26. The van der Waals surface area contributed by atoms with Gasteiger partial charge in [-0.15, -0.1) is 0 Å². The fourth-order valence-corrected chi connectivity index (χ4v) is 7.82. The van der Waals surface area contributed by atoms with E-state index in [-0.39, 0.29) is 5.97 Å². The zero-order valence-electron chi connectivity index (χ0n) is 19.3. The van der Waals surface area contributed by atoms with Crippen molar-refractivity contribution in [3.63, 3.8) is 0 Å². The molecule has 0 spiro atoms. The Balaban J connectivity index is 1.81. The van der Waals surface area contributed by atoms with Gasteiger partial charge >= 0.3 is 5.97 Å². The summed E-state index contributed by atoms with van der Waals surface area (Å²) in [7, 11) is 1.43. The predicted molar refractivity (Wildman–Crippen MR) is 145 cm³/mol. The topological polar surface area (TPSA) is 26.3 Å². The average Bonchev–Trinajstić information content (AvgIpc) is 2.89. The molecule has 0 aromatic heterocycles. The van der Waals surface area contributed by atoms with E-state index in [4.69, 9.17) is 0 Å². The number of hydrogen-bond donors (Lipinski definition) is 0. The molecule has 0 aliphatic heterocycles. The second-order valence-corrected chi connectivity index (χ2v) is 11.2. The summed E-state index contributed by atoms with van der Waals surface area (Å²) >= 11 is 0. The number of rotatable bonds is 11. The maximum Gasteiger partial charge on any atom is 0.305 e. The highest BCUT2D eigenvalue weighted by Crippen LogP contribution is 2.43. The first-order valence-corrected chi connectivity index (χ1v) is 13.4. The van der Waals surface area contributed by atoms with Crippen LogP contribution in [0.25, 0.3) is 0 Å². The number of carbonyl (C=O) groups excluding carboxylic acids is 1. The summed E-state index contributed by atoms with van der Waals surface area (Å²) in [6.45, 7) is -1.87. The van der Waals surface area contributed by atoms with E-state index in [9.17, 15) is 4.79 Å². The smallest absolute Gasteiger partial charge is 0.305 e. The number of benzene rings is 3. The summed E-state index contributed by atoms with van der Waals surface area (Å²) in [6, 6.07) is 32.7. The third-order valence-electron chi connectivity index (χ3n) is 5.59. The van der Waals surface area contributed by atoms with Gasteiger partial charge in [0.15, 0.2) is 0 Å². The number of esters is 1. The Bertz CT molecular complexity index is 980. The molecule has 0 radical (unpaired) electrons. The second kappa shape index (κ2) is 13.5. The highest BCUT2D eigenvalue weighted by Gasteiger charge is 2.23. The summed E-state index contributed by atoms with van der Waals surface area (Å²) in [4.78, 5) is 11.1. The maximum absolute atomic E-state index is 11.1. The Kier molecular flexibility index (Phi) is 10.0. The normalized spacial score (nSPS) is 11.7. The molecule has 3 aromatic rings. The fraction of sp³-hybridized carbons (Fsp3) is 0.200. The van der Waals surface area contributed by atoms with Gasteiger partial charge in [0.25, 0.3) is 0 Å². The minimum atomic E-state index is -1.87. The van der Waals surface area contributed by atoms with E-state index in [1.807, 2.05) is 0 Å². The summed E-state index contributed by atoms with van der Waals surface area (Å²) in [5.41, 5.74) is 0. The molecular formula is C30H33O2P. The van der Waals surface area contributed by atoms with E-state index in [1.165, 1.54) is 23.0 Å². The number of hydrogen-bond acceptors (Lipinski definition) is 2. The molecule has 0 heterocycles. The molecule has 0 fully saturated rings. The average molecular weight is 457 g/mol. The van der Waals surface area contributed by atoms with Crippen LogP contribution in [0.15, 0.2) is 115 Å². The molecule has 0 saturated carbocycles. The number of allylic oxidation sites excluding steroid dienone is 4. The monoisotopic (exact) mass is 456 g/mol. The van der Waals surface area contributed by atoms with E-state index >= 15 is 0 Å². The van der Waals surface area contributed by atoms with Gasteiger partial charge in [0.1, 0.15) is 0 Å². The van der Waals surface area contributed by atoms with Gasteiger partial charge in [0.05, 0.1) is 7.11 Å². The maximum atomic E-state index is 11.1. The van der Waals surface area contributed by atoms with E-state index in [1.54, 1.807) is 0 Å². The summed E-state index contributed by atoms with van der Waals surface area (Å²) in [5.74, 6) is 2.39. The van der Waals surface area contributed by atoms with Gasteiger partial charge in [-0.3, -0.25) is 4.79 Å². The molecule has 0 aliphatic carbocycles. The Morgan fingerprint density at radius 3 is 1.64 bits per heavy atom. The molecule has 170 valence electrons. The van der Waals surface area contributed by atoms with Gasteiger partial charge in [0, 0.05) is 6.42 Å². The Morgan fingerprint density at radius 2 is 1.15 bits per heavy atom. The zero-order chi connectivity index (χ0) is 23.2. The largest absolute Gasteiger partial charge is 0.469 e. The van der Waals surface area contributed by atoms with Gasteiger partial charge in [-0.25, -0.2) is 0 Å². The van der Waals surface area contributed by atoms with Crippen LogP contribution >= 0.6 is 6.89 Å². The molecule has 0 amide bonds. The Morgan fingerprint density at radius 1 is 0.697 bits per heavy atom. The Labute approximate surface area is 198 Å². The van der Waals surface area contributed by atoms with Crippen LogP contribution in [-0.4, -0.2) is 18.9 Å². The molecule has 3 heteroatoms. The van der Waals surface area contributed by atoms with Gasteiger partial charge < -0.3 is 4.74 Å². The van der Waals surface area contributed by atoms with Crippen LogP contribution in [0, 0.1) is 0 Å². The van der Waals surface area contributed by atoms with Crippen molar-refractivity contribution in [2.24, 2.45) is 0 Å². The lowest BCUT2D eigenvalue weighted by Gasteiger charge is -2.28. The molecule has 0 atom stereocenters. The molecule has 3 aromatic carbocycles. The molecule has 2 nitrogen and oxygen atoms in total. The second-order valence-electron chi connectivity index (χ2n) is 7.79. The number of unbranched alkanes of at least 4 members (excludes halogenated alkanes) is 1. The van der Waals surface area contributed by atoms with Crippen LogP contribution in [0.2, 0.25) is 0 Å². The molecule has 0 bridgehead atoms. The van der Waals surface area contributed by atoms with Crippen LogP contribution in [0.1, 0.15) is 32.1 Å². The highest BCUT2D eigenvalue weighted by molar-refractivity contribution is 7.94. The molecule has 0 saturated heterocycles. The van der Waals surface area contributed by atoms with Crippen LogP contribution < -0.4 is 15.9 Å². The molecule has 3 rings (SSSR count). The molecule has 33 heavy (non-hydrogen) atoms. The lowest BCUT2D eigenvalue weighted by molar-refractivity contribution is -0.140. The van der Waals surface area contributed by atoms with Gasteiger partial charge in [-0.1, -0.05) is 121 Å². The standard InChI is InChI=1S/C30H33O2P/c1-32-30(31)25-17-6-4-2-3-5-7-18-26-33(27-19-11-8-12-20-27,28-21-13-9-14-22-28)29-23-15-10-16-24-29/h2,4-5,7-16,19-24,26H,3,6,17-18,25H2,1H3/b4-2-,7-5-. The molecule has 0 N–H and O–H groups in total. The molecule has 0 unspecified atom stereocenters. The van der Waals surface area contributed by atoms with Gasteiger partial charge in [-0.2, -0.15) is 0 Å². The van der Waals surface area contributed by atoms with Crippen molar-refractivity contribution in [3.05, 3.63) is 115 Å². The van der Waals surface area contributed by atoms with Crippen LogP contribution in [0.4, 0.5) is 0 Å². The number of methoxy groups -OCH3 is 1. The van der Waals surface area contributed by atoms with Crippen molar-refractivity contribution in [1.29, 1.82) is 0 Å². The number of ether oxygens (including phenoxy) is 1. The van der Waals surface area contributed by atoms with Crippen molar-refractivity contribution >= 4 is 34.6 Å². The van der Waals surface area contributed by atoms with Gasteiger partial charge in [-0.05, 0) is 48.5 Å². The molecular weight excluding hydrogens is 423 g/mol. The van der Waals surface area contributed by atoms with Gasteiger partial charge in [0.2, 0.25) is 0 Å². The van der Waals surface area contributed by atoms with Crippen molar-refractivity contribution in [1.82, 2.24) is 0 Å². The van der Waals surface area contributed by atoms with Crippen molar-refractivity contribution in [3.8, 4) is 0 Å². The first kappa shape index (κ1) is 24.6. The highest BCUT2D eigenvalue weighted by atomic mass is 31.2. The van der Waals surface area contributed by atoms with Crippen LogP contribution in [-0.2, 0) is 9.53 Å².